The number of aromatic hydroxyl groups is 1. The molecule has 0 saturated heterocycles. The van der Waals surface area contributed by atoms with Crippen LogP contribution in [0, 0.1) is 17.3 Å². The summed E-state index contributed by atoms with van der Waals surface area (Å²) in [6, 6.07) is 5.99. The van der Waals surface area contributed by atoms with Gasteiger partial charge in [0.2, 0.25) is 0 Å². The fraction of sp³-hybridized carbons (Fsp3) is 0.700. The Hall–Kier alpha value is -1.02. The maximum atomic E-state index is 10.3. The highest BCUT2D eigenvalue weighted by Crippen LogP contribution is 2.46. The Balaban J connectivity index is 2.13. The number of aliphatic hydroxyl groups excluding tert-OH is 1. The van der Waals surface area contributed by atoms with Gasteiger partial charge >= 0.3 is 0 Å². The normalized spacial score (nSPS) is 28.0. The molecular weight excluding hydrogens is 272 g/mol. The van der Waals surface area contributed by atoms with Gasteiger partial charge in [-0.25, -0.2) is 0 Å². The number of aryl methyl sites for hydroxylation is 1. The average Bonchev–Trinajstić information content (AvgIpc) is 2.44. The van der Waals surface area contributed by atoms with Gasteiger partial charge in [0.05, 0.1) is 6.10 Å². The van der Waals surface area contributed by atoms with Gasteiger partial charge in [0.1, 0.15) is 5.75 Å². The van der Waals surface area contributed by atoms with E-state index in [2.05, 4.69) is 40.7 Å². The maximum absolute atomic E-state index is 10.3. The molecular formula is C20H32O2. The number of aliphatic hydroxyl groups is 1. The summed E-state index contributed by atoms with van der Waals surface area (Å²) in [4.78, 5) is 0. The Bertz CT molecular complexity index is 504. The monoisotopic (exact) mass is 304 g/mol. The standard InChI is InChI=1S/C20H32O2/c1-13(2)15-8-10-18(21)16(12-15)7-9-17-14(3)6-11-19(22)20(17,4)5/h8,10,12-14,17,19,21-22H,6-7,9,11H2,1-5H3/t14-,17+,19-/m0/s1. The van der Waals surface area contributed by atoms with Gasteiger partial charge in [0.15, 0.2) is 0 Å². The molecule has 2 heteroatoms. The molecule has 0 bridgehead atoms. The highest BCUT2D eigenvalue weighted by molar-refractivity contribution is 5.37. The third kappa shape index (κ3) is 3.48. The molecule has 3 atom stereocenters. The van der Waals surface area contributed by atoms with Crippen molar-refractivity contribution in [3.63, 3.8) is 0 Å². The first kappa shape index (κ1) is 17.3. The minimum atomic E-state index is -0.204. The lowest BCUT2D eigenvalue weighted by Crippen LogP contribution is -2.44. The largest absolute Gasteiger partial charge is 0.508 e. The molecule has 0 amide bonds. The molecule has 2 rings (SSSR count). The van der Waals surface area contributed by atoms with Gasteiger partial charge in [0, 0.05) is 0 Å². The minimum absolute atomic E-state index is 0.0387. The van der Waals surface area contributed by atoms with Crippen LogP contribution in [0.3, 0.4) is 0 Å². The second-order valence-electron chi connectivity index (χ2n) is 8.08. The van der Waals surface area contributed by atoms with Gasteiger partial charge in [-0.05, 0) is 66.0 Å². The van der Waals surface area contributed by atoms with Crippen molar-refractivity contribution in [2.75, 3.05) is 0 Å². The van der Waals surface area contributed by atoms with E-state index in [4.69, 9.17) is 0 Å². The van der Waals surface area contributed by atoms with E-state index in [1.807, 2.05) is 12.1 Å². The van der Waals surface area contributed by atoms with Crippen molar-refractivity contribution in [1.82, 2.24) is 0 Å². The zero-order chi connectivity index (χ0) is 16.5. The van der Waals surface area contributed by atoms with Crippen molar-refractivity contribution in [2.45, 2.75) is 72.3 Å². The number of benzene rings is 1. The van der Waals surface area contributed by atoms with E-state index in [0.29, 0.717) is 23.5 Å². The summed E-state index contributed by atoms with van der Waals surface area (Å²) in [6.45, 7) is 11.1. The van der Waals surface area contributed by atoms with Crippen molar-refractivity contribution in [3.8, 4) is 5.75 Å². The van der Waals surface area contributed by atoms with Crippen molar-refractivity contribution in [1.29, 1.82) is 0 Å². The molecule has 0 heterocycles. The fourth-order valence-corrected chi connectivity index (χ4v) is 4.11. The van der Waals surface area contributed by atoms with Gasteiger partial charge < -0.3 is 10.2 Å². The Morgan fingerprint density at radius 2 is 1.91 bits per heavy atom. The molecule has 1 aliphatic carbocycles. The SMILES string of the molecule is CC(C)c1ccc(O)c(CC[C@@H]2[C@@H](C)CC[C@H](O)C2(C)C)c1. The number of phenols is 1. The molecule has 0 spiro atoms. The topological polar surface area (TPSA) is 40.5 Å². The average molecular weight is 304 g/mol. The molecule has 1 saturated carbocycles. The van der Waals surface area contributed by atoms with Gasteiger partial charge in [-0.15, -0.1) is 0 Å². The molecule has 0 aromatic heterocycles. The summed E-state index contributed by atoms with van der Waals surface area (Å²) in [5, 5.41) is 20.5. The molecule has 1 fully saturated rings. The van der Waals surface area contributed by atoms with Crippen molar-refractivity contribution >= 4 is 0 Å². The second-order valence-corrected chi connectivity index (χ2v) is 8.08. The van der Waals surface area contributed by atoms with E-state index in [1.165, 1.54) is 5.56 Å². The van der Waals surface area contributed by atoms with Crippen molar-refractivity contribution < 1.29 is 10.2 Å². The number of rotatable bonds is 4. The summed E-state index contributed by atoms with van der Waals surface area (Å²) in [6.07, 6.45) is 3.73. The van der Waals surface area contributed by atoms with Gasteiger partial charge in [-0.2, -0.15) is 0 Å². The molecule has 124 valence electrons. The molecule has 1 aromatic carbocycles. The van der Waals surface area contributed by atoms with E-state index in [9.17, 15) is 10.2 Å². The van der Waals surface area contributed by atoms with Gasteiger partial charge in [-0.3, -0.25) is 0 Å². The Kier molecular flexibility index (Phi) is 5.21. The molecule has 0 radical (unpaired) electrons. The first-order chi connectivity index (χ1) is 10.2. The van der Waals surface area contributed by atoms with Crippen LogP contribution in [0.2, 0.25) is 0 Å². The fourth-order valence-electron chi connectivity index (χ4n) is 4.11. The van der Waals surface area contributed by atoms with Crippen LogP contribution < -0.4 is 0 Å². The van der Waals surface area contributed by atoms with Crippen LogP contribution in [-0.4, -0.2) is 16.3 Å². The van der Waals surface area contributed by atoms with E-state index in [0.717, 1.165) is 31.2 Å². The Morgan fingerprint density at radius 1 is 1.23 bits per heavy atom. The van der Waals surface area contributed by atoms with Crippen molar-refractivity contribution in [3.05, 3.63) is 29.3 Å². The Morgan fingerprint density at radius 3 is 2.55 bits per heavy atom. The third-order valence-electron chi connectivity index (χ3n) is 5.89. The molecule has 0 unspecified atom stereocenters. The molecule has 1 aromatic rings. The summed E-state index contributed by atoms with van der Waals surface area (Å²) in [7, 11) is 0. The van der Waals surface area contributed by atoms with Crippen LogP contribution in [0.15, 0.2) is 18.2 Å². The predicted octanol–water partition coefficient (Wildman–Crippen LogP) is 4.88. The lowest BCUT2D eigenvalue weighted by atomic mass is 9.61. The molecule has 22 heavy (non-hydrogen) atoms. The summed E-state index contributed by atoms with van der Waals surface area (Å²) < 4.78 is 0. The highest BCUT2D eigenvalue weighted by Gasteiger charge is 2.42. The van der Waals surface area contributed by atoms with Crippen LogP contribution in [0.4, 0.5) is 0 Å². The lowest BCUT2D eigenvalue weighted by Gasteiger charge is -2.46. The number of hydrogen-bond donors (Lipinski definition) is 2. The van der Waals surface area contributed by atoms with E-state index >= 15 is 0 Å². The van der Waals surface area contributed by atoms with Gasteiger partial charge in [0.25, 0.3) is 0 Å². The summed E-state index contributed by atoms with van der Waals surface area (Å²) >= 11 is 0. The Labute approximate surface area is 135 Å². The van der Waals surface area contributed by atoms with Crippen LogP contribution in [0.5, 0.6) is 5.75 Å². The molecule has 2 N–H and O–H groups in total. The van der Waals surface area contributed by atoms with Crippen molar-refractivity contribution in [2.24, 2.45) is 17.3 Å². The molecule has 1 aliphatic rings. The molecule has 2 nitrogen and oxygen atoms in total. The smallest absolute Gasteiger partial charge is 0.118 e. The second kappa shape index (κ2) is 6.62. The van der Waals surface area contributed by atoms with Crippen LogP contribution >= 0.6 is 0 Å². The summed E-state index contributed by atoms with van der Waals surface area (Å²) in [5.41, 5.74) is 2.29. The number of phenolic OH excluding ortho intramolecular Hbond substituents is 1. The lowest BCUT2D eigenvalue weighted by molar-refractivity contribution is -0.0562. The van der Waals surface area contributed by atoms with Crippen LogP contribution in [0.25, 0.3) is 0 Å². The minimum Gasteiger partial charge on any atom is -0.508 e. The van der Waals surface area contributed by atoms with E-state index in [-0.39, 0.29) is 11.5 Å². The maximum Gasteiger partial charge on any atom is 0.118 e. The first-order valence-electron chi connectivity index (χ1n) is 8.73. The summed E-state index contributed by atoms with van der Waals surface area (Å²) in [5.74, 6) is 2.02. The van der Waals surface area contributed by atoms with Gasteiger partial charge in [-0.1, -0.05) is 46.8 Å². The van der Waals surface area contributed by atoms with E-state index in [1.54, 1.807) is 0 Å². The molecule has 0 aliphatic heterocycles. The van der Waals surface area contributed by atoms with Crippen LogP contribution in [0.1, 0.15) is 70.9 Å². The van der Waals surface area contributed by atoms with Crippen LogP contribution in [-0.2, 0) is 6.42 Å². The number of hydrogen-bond acceptors (Lipinski definition) is 2. The highest BCUT2D eigenvalue weighted by atomic mass is 16.3. The first-order valence-corrected chi connectivity index (χ1v) is 8.73. The zero-order valence-electron chi connectivity index (χ0n) is 14.8. The predicted molar refractivity (Wildman–Crippen MR) is 92.2 cm³/mol. The zero-order valence-corrected chi connectivity index (χ0v) is 14.8. The van der Waals surface area contributed by atoms with E-state index < -0.39 is 0 Å². The quantitative estimate of drug-likeness (QED) is 0.832. The third-order valence-corrected chi connectivity index (χ3v) is 5.89.